The van der Waals surface area contributed by atoms with Gasteiger partial charge in [0.1, 0.15) is 6.07 Å². The Kier molecular flexibility index (Phi) is 2.79. The number of nitriles is 1. The van der Waals surface area contributed by atoms with E-state index in [1.54, 1.807) is 0 Å². The number of fused-ring (bicyclic) bond motifs is 1. The molecule has 0 N–H and O–H groups in total. The van der Waals surface area contributed by atoms with Crippen LogP contribution in [0.1, 0.15) is 11.1 Å². The molecule has 0 aromatic heterocycles. The Morgan fingerprint density at radius 1 is 1.46 bits per heavy atom. The van der Waals surface area contributed by atoms with E-state index in [4.69, 9.17) is 5.26 Å². The van der Waals surface area contributed by atoms with Gasteiger partial charge >= 0.3 is 0 Å². The molecular formula is C10H11ClN2. The summed E-state index contributed by atoms with van der Waals surface area (Å²) in [6.45, 7) is 1.04. The summed E-state index contributed by atoms with van der Waals surface area (Å²) in [7, 11) is 2.03. The second-order valence-corrected chi connectivity index (χ2v) is 3.10. The number of rotatable bonds is 0. The van der Waals surface area contributed by atoms with Gasteiger partial charge < -0.3 is 4.90 Å². The smallest absolute Gasteiger partial charge is 0.101 e. The molecule has 0 radical (unpaired) electrons. The molecule has 0 bridgehead atoms. The molecule has 0 aliphatic carbocycles. The summed E-state index contributed by atoms with van der Waals surface area (Å²) in [6.07, 6.45) is 1.07. The number of hydrogen-bond donors (Lipinski definition) is 0. The molecule has 1 aromatic rings. The number of benzene rings is 1. The fraction of sp³-hybridized carbons (Fsp3) is 0.300. The molecule has 0 atom stereocenters. The van der Waals surface area contributed by atoms with E-state index in [1.165, 1.54) is 5.56 Å². The zero-order valence-electron chi connectivity index (χ0n) is 7.45. The Balaban J connectivity index is 0.000000845. The predicted molar refractivity (Wildman–Crippen MR) is 55.4 cm³/mol. The SMILES string of the molecule is CN1CCc2cccc(C#N)c21.Cl. The van der Waals surface area contributed by atoms with Crippen molar-refractivity contribution in [2.75, 3.05) is 18.5 Å². The average Bonchev–Trinajstić information content (AvgIpc) is 2.48. The maximum Gasteiger partial charge on any atom is 0.101 e. The summed E-state index contributed by atoms with van der Waals surface area (Å²) in [5, 5.41) is 8.84. The highest BCUT2D eigenvalue weighted by Crippen LogP contribution is 2.29. The van der Waals surface area contributed by atoms with Gasteiger partial charge in [0.15, 0.2) is 0 Å². The van der Waals surface area contributed by atoms with E-state index in [2.05, 4.69) is 17.0 Å². The zero-order valence-corrected chi connectivity index (χ0v) is 8.27. The third kappa shape index (κ3) is 1.48. The van der Waals surface area contributed by atoms with Crippen molar-refractivity contribution in [3.63, 3.8) is 0 Å². The van der Waals surface area contributed by atoms with E-state index < -0.39 is 0 Å². The molecule has 0 amide bonds. The van der Waals surface area contributed by atoms with Crippen LogP contribution in [0.3, 0.4) is 0 Å². The van der Waals surface area contributed by atoms with Crippen LogP contribution in [0.2, 0.25) is 0 Å². The lowest BCUT2D eigenvalue weighted by atomic mass is 10.1. The maximum atomic E-state index is 8.84. The quantitative estimate of drug-likeness (QED) is 0.632. The van der Waals surface area contributed by atoms with Crippen molar-refractivity contribution in [2.24, 2.45) is 0 Å². The molecule has 1 heterocycles. The highest BCUT2D eigenvalue weighted by molar-refractivity contribution is 5.85. The second-order valence-electron chi connectivity index (χ2n) is 3.10. The zero-order chi connectivity index (χ0) is 8.55. The van der Waals surface area contributed by atoms with Crippen molar-refractivity contribution in [1.82, 2.24) is 0 Å². The molecule has 2 rings (SSSR count). The van der Waals surface area contributed by atoms with Crippen molar-refractivity contribution >= 4 is 18.1 Å². The fourth-order valence-corrected chi connectivity index (χ4v) is 1.73. The number of nitrogens with zero attached hydrogens (tertiary/aromatic N) is 2. The third-order valence-corrected chi connectivity index (χ3v) is 2.34. The number of likely N-dealkylation sites (N-methyl/N-ethyl adjacent to an activating group) is 1. The number of hydrogen-bond acceptors (Lipinski definition) is 2. The van der Waals surface area contributed by atoms with Crippen LogP contribution in [-0.4, -0.2) is 13.6 Å². The first kappa shape index (κ1) is 9.88. The van der Waals surface area contributed by atoms with Crippen LogP contribution in [0, 0.1) is 11.3 Å². The monoisotopic (exact) mass is 194 g/mol. The van der Waals surface area contributed by atoms with Crippen molar-refractivity contribution in [1.29, 1.82) is 5.26 Å². The molecule has 0 spiro atoms. The molecule has 68 valence electrons. The first-order valence-electron chi connectivity index (χ1n) is 4.06. The minimum atomic E-state index is 0. The molecule has 1 aromatic carbocycles. The maximum absolute atomic E-state index is 8.84. The van der Waals surface area contributed by atoms with Gasteiger partial charge in [0, 0.05) is 13.6 Å². The van der Waals surface area contributed by atoms with Gasteiger partial charge in [-0.05, 0) is 18.1 Å². The van der Waals surface area contributed by atoms with E-state index in [-0.39, 0.29) is 12.4 Å². The Hall–Kier alpha value is -1.20. The van der Waals surface area contributed by atoms with Crippen molar-refractivity contribution < 1.29 is 0 Å². The van der Waals surface area contributed by atoms with Crippen LogP contribution in [0.25, 0.3) is 0 Å². The molecule has 1 aliphatic heterocycles. The predicted octanol–water partition coefficient (Wildman–Crippen LogP) is 1.97. The van der Waals surface area contributed by atoms with Crippen molar-refractivity contribution in [3.05, 3.63) is 29.3 Å². The lowest BCUT2D eigenvalue weighted by molar-refractivity contribution is 0.955. The largest absolute Gasteiger partial charge is 0.373 e. The van der Waals surface area contributed by atoms with Crippen LogP contribution in [0.5, 0.6) is 0 Å². The number of anilines is 1. The molecule has 13 heavy (non-hydrogen) atoms. The van der Waals surface area contributed by atoms with Gasteiger partial charge in [-0.15, -0.1) is 12.4 Å². The minimum absolute atomic E-state index is 0. The summed E-state index contributed by atoms with van der Waals surface area (Å²) >= 11 is 0. The Morgan fingerprint density at radius 2 is 2.23 bits per heavy atom. The standard InChI is InChI=1S/C10H10N2.ClH/c1-12-6-5-8-3-2-4-9(7-11)10(8)12;/h2-4H,5-6H2,1H3;1H. The van der Waals surface area contributed by atoms with Gasteiger partial charge in [-0.3, -0.25) is 0 Å². The third-order valence-electron chi connectivity index (χ3n) is 2.34. The molecule has 0 saturated heterocycles. The summed E-state index contributed by atoms with van der Waals surface area (Å²) in [5.41, 5.74) is 3.23. The van der Waals surface area contributed by atoms with Gasteiger partial charge in [0.25, 0.3) is 0 Å². The average molecular weight is 195 g/mol. The van der Waals surface area contributed by atoms with Crippen molar-refractivity contribution in [2.45, 2.75) is 6.42 Å². The number of para-hydroxylation sites is 1. The summed E-state index contributed by atoms with van der Waals surface area (Å²) in [6, 6.07) is 8.14. The van der Waals surface area contributed by atoms with E-state index in [1.807, 2.05) is 19.2 Å². The van der Waals surface area contributed by atoms with Gasteiger partial charge in [-0.25, -0.2) is 0 Å². The molecule has 0 unspecified atom stereocenters. The summed E-state index contributed by atoms with van der Waals surface area (Å²) in [5.74, 6) is 0. The first-order valence-corrected chi connectivity index (χ1v) is 4.06. The molecule has 0 fully saturated rings. The first-order chi connectivity index (χ1) is 5.83. The van der Waals surface area contributed by atoms with Gasteiger partial charge in [0.05, 0.1) is 11.3 Å². The topological polar surface area (TPSA) is 27.0 Å². The minimum Gasteiger partial charge on any atom is -0.373 e. The van der Waals surface area contributed by atoms with Crippen LogP contribution in [-0.2, 0) is 6.42 Å². The van der Waals surface area contributed by atoms with Crippen LogP contribution in [0.4, 0.5) is 5.69 Å². The van der Waals surface area contributed by atoms with E-state index in [0.29, 0.717) is 0 Å². The Bertz CT molecular complexity index is 354. The van der Waals surface area contributed by atoms with Crippen LogP contribution < -0.4 is 4.90 Å². The highest BCUT2D eigenvalue weighted by Gasteiger charge is 2.18. The van der Waals surface area contributed by atoms with Crippen molar-refractivity contribution in [3.8, 4) is 6.07 Å². The van der Waals surface area contributed by atoms with E-state index >= 15 is 0 Å². The molecule has 1 aliphatic rings. The highest BCUT2D eigenvalue weighted by atomic mass is 35.5. The van der Waals surface area contributed by atoms with Gasteiger partial charge in [0.2, 0.25) is 0 Å². The molecule has 0 saturated carbocycles. The fourth-order valence-electron chi connectivity index (χ4n) is 1.73. The Morgan fingerprint density at radius 3 is 2.92 bits per heavy atom. The lowest BCUT2D eigenvalue weighted by Crippen LogP contribution is -2.13. The lowest BCUT2D eigenvalue weighted by Gasteiger charge is -2.12. The van der Waals surface area contributed by atoms with Gasteiger partial charge in [-0.2, -0.15) is 5.26 Å². The Labute approximate surface area is 84.2 Å². The number of halogens is 1. The summed E-state index contributed by atoms with van der Waals surface area (Å²) in [4.78, 5) is 2.15. The van der Waals surface area contributed by atoms with Gasteiger partial charge in [-0.1, -0.05) is 12.1 Å². The normalized spacial score (nSPS) is 13.1. The van der Waals surface area contributed by atoms with E-state index in [0.717, 1.165) is 24.2 Å². The second kappa shape index (κ2) is 3.68. The molecule has 3 heteroatoms. The molecule has 2 nitrogen and oxygen atoms in total. The molecular weight excluding hydrogens is 184 g/mol. The van der Waals surface area contributed by atoms with E-state index in [9.17, 15) is 0 Å². The van der Waals surface area contributed by atoms with Crippen LogP contribution >= 0.6 is 12.4 Å². The van der Waals surface area contributed by atoms with Crippen LogP contribution in [0.15, 0.2) is 18.2 Å². The summed E-state index contributed by atoms with van der Waals surface area (Å²) < 4.78 is 0.